The number of alkyl halides is 3. The van der Waals surface area contributed by atoms with E-state index in [4.69, 9.17) is 15.3 Å². The van der Waals surface area contributed by atoms with Gasteiger partial charge in [0.1, 0.15) is 19.0 Å². The second-order valence-corrected chi connectivity index (χ2v) is 8.18. The van der Waals surface area contributed by atoms with Gasteiger partial charge in [-0.1, -0.05) is 13.0 Å². The van der Waals surface area contributed by atoms with E-state index in [0.717, 1.165) is 17.7 Å². The molecule has 1 aliphatic heterocycles. The van der Waals surface area contributed by atoms with E-state index < -0.39 is 53.0 Å². The van der Waals surface area contributed by atoms with Crippen molar-refractivity contribution in [3.8, 4) is 5.75 Å². The Kier molecular flexibility index (Phi) is 5.42. The first-order valence-corrected chi connectivity index (χ1v) is 10.0. The first-order chi connectivity index (χ1) is 15.8. The molecule has 1 aliphatic rings. The number of halogens is 5. The van der Waals surface area contributed by atoms with Crippen LogP contribution in [0.1, 0.15) is 47.7 Å². The molecule has 2 aromatic heterocycles. The van der Waals surface area contributed by atoms with Crippen molar-refractivity contribution in [1.82, 2.24) is 9.97 Å². The number of nitrogens with two attached hydrogens (primary N) is 1. The lowest BCUT2D eigenvalue weighted by Crippen LogP contribution is -2.47. The fraction of sp³-hybridized carbons (Fsp3) is 0.381. The third-order valence-electron chi connectivity index (χ3n) is 6.40. The standard InChI is InChI=1S/C21H19F5N4O4/c1-8-12(9-4-5-10(22)13(23)16(9)31)17(34-20(8,2)21(24,25)26)19-28-11-6-7-30(33-3)15(18(27)32)14(11)29-19/h4-8,12,17H,1-3H3,(H3,27,31,32)/p+1/t8?,12?,17-,20-/m1/s1. The molecule has 4 rings (SSSR count). The van der Waals surface area contributed by atoms with Crippen LogP contribution in [0.5, 0.6) is 5.75 Å². The summed E-state index contributed by atoms with van der Waals surface area (Å²) in [6.45, 7) is 2.06. The Labute approximate surface area is 189 Å². The summed E-state index contributed by atoms with van der Waals surface area (Å²) in [7, 11) is 1.27. The Balaban J connectivity index is 1.94. The molecule has 0 saturated carbocycles. The van der Waals surface area contributed by atoms with Gasteiger partial charge in [0.15, 0.2) is 22.7 Å². The van der Waals surface area contributed by atoms with Crippen LogP contribution < -0.4 is 15.3 Å². The molecule has 8 nitrogen and oxygen atoms in total. The number of carbonyl (C=O) groups is 1. The molecule has 0 aliphatic carbocycles. The number of aromatic amines is 1. The number of imidazole rings is 1. The number of amides is 1. The number of pyridine rings is 1. The van der Waals surface area contributed by atoms with E-state index in [-0.39, 0.29) is 28.1 Å². The van der Waals surface area contributed by atoms with Crippen LogP contribution in [0.3, 0.4) is 0 Å². The molecule has 2 unspecified atom stereocenters. The van der Waals surface area contributed by atoms with Crippen LogP contribution in [0, 0.1) is 17.6 Å². The molecule has 1 aromatic carbocycles. The van der Waals surface area contributed by atoms with Gasteiger partial charge in [0.05, 0.1) is 5.52 Å². The fourth-order valence-corrected chi connectivity index (χ4v) is 4.40. The number of hydrogen-bond acceptors (Lipinski definition) is 5. The molecule has 13 heteroatoms. The second-order valence-electron chi connectivity index (χ2n) is 8.18. The van der Waals surface area contributed by atoms with Crippen molar-refractivity contribution in [3.05, 3.63) is 53.1 Å². The summed E-state index contributed by atoms with van der Waals surface area (Å²) in [6, 6.07) is 3.17. The van der Waals surface area contributed by atoms with Gasteiger partial charge in [0, 0.05) is 28.2 Å². The summed E-state index contributed by atoms with van der Waals surface area (Å²) in [5.74, 6) is -7.79. The molecular formula is C21H20F5N4O4+. The maximum absolute atomic E-state index is 14.1. The minimum absolute atomic E-state index is 0.00280. The maximum atomic E-state index is 14.1. The summed E-state index contributed by atoms with van der Waals surface area (Å²) < 4.78 is 76.5. The first-order valence-electron chi connectivity index (χ1n) is 10.0. The van der Waals surface area contributed by atoms with Crippen LogP contribution in [-0.2, 0) is 4.74 Å². The van der Waals surface area contributed by atoms with Crippen molar-refractivity contribution in [3.63, 3.8) is 0 Å². The van der Waals surface area contributed by atoms with Crippen molar-refractivity contribution < 1.29 is 46.2 Å². The highest BCUT2D eigenvalue weighted by Crippen LogP contribution is 2.59. The van der Waals surface area contributed by atoms with Gasteiger partial charge in [-0.3, -0.25) is 9.63 Å². The number of aromatic hydroxyl groups is 1. The van der Waals surface area contributed by atoms with E-state index in [1.807, 2.05) is 0 Å². The van der Waals surface area contributed by atoms with Gasteiger partial charge in [-0.25, -0.2) is 9.37 Å². The number of H-pyrrole nitrogens is 1. The molecule has 34 heavy (non-hydrogen) atoms. The number of aromatic nitrogens is 3. The second kappa shape index (κ2) is 7.79. The topological polar surface area (TPSA) is 114 Å². The summed E-state index contributed by atoms with van der Waals surface area (Å²) in [6.07, 6.45) is -4.99. The minimum atomic E-state index is -4.85. The van der Waals surface area contributed by atoms with Gasteiger partial charge in [-0.15, -0.1) is 0 Å². The van der Waals surface area contributed by atoms with Crippen molar-refractivity contribution >= 4 is 16.9 Å². The van der Waals surface area contributed by atoms with E-state index in [1.54, 1.807) is 0 Å². The molecule has 182 valence electrons. The van der Waals surface area contributed by atoms with E-state index in [2.05, 4.69) is 9.97 Å². The summed E-state index contributed by atoms with van der Waals surface area (Å²) in [5.41, 5.74) is 2.47. The average Bonchev–Trinajstić information content (AvgIpc) is 3.31. The Bertz CT molecular complexity index is 1290. The largest absolute Gasteiger partial charge is 0.505 e. The number of carbonyl (C=O) groups excluding carboxylic acids is 1. The minimum Gasteiger partial charge on any atom is -0.505 e. The van der Waals surface area contributed by atoms with Gasteiger partial charge in [-0.2, -0.15) is 17.6 Å². The Morgan fingerprint density at radius 1 is 1.32 bits per heavy atom. The normalized spacial score (nSPS) is 25.1. The third kappa shape index (κ3) is 3.33. The van der Waals surface area contributed by atoms with Crippen LogP contribution in [0.2, 0.25) is 0 Å². The zero-order valence-electron chi connectivity index (χ0n) is 18.1. The number of benzene rings is 1. The van der Waals surface area contributed by atoms with E-state index in [1.165, 1.54) is 26.3 Å². The number of rotatable bonds is 4. The SMILES string of the molecule is CO[n+]1ccc2[nH]c([C@@H]3O[C@@](C)(C(F)(F)F)C(C)C3c3ccc(F)c(F)c3O)nc2c1C(N)=O. The lowest BCUT2D eigenvalue weighted by Gasteiger charge is -2.31. The van der Waals surface area contributed by atoms with Crippen molar-refractivity contribution in [1.29, 1.82) is 0 Å². The van der Waals surface area contributed by atoms with Crippen molar-refractivity contribution in [2.45, 2.75) is 37.6 Å². The highest BCUT2D eigenvalue weighted by molar-refractivity contribution is 6.00. The predicted molar refractivity (Wildman–Crippen MR) is 106 cm³/mol. The quantitative estimate of drug-likeness (QED) is 0.387. The lowest BCUT2D eigenvalue weighted by atomic mass is 9.77. The molecule has 4 atom stereocenters. The number of primary amides is 1. The summed E-state index contributed by atoms with van der Waals surface area (Å²) >= 11 is 0. The fourth-order valence-electron chi connectivity index (χ4n) is 4.40. The molecule has 3 aromatic rings. The molecule has 0 spiro atoms. The molecule has 0 bridgehead atoms. The van der Waals surface area contributed by atoms with Crippen LogP contribution in [-0.4, -0.2) is 39.9 Å². The first kappa shape index (κ1) is 23.7. The van der Waals surface area contributed by atoms with E-state index in [9.17, 15) is 31.9 Å². The number of fused-ring (bicyclic) bond motifs is 1. The van der Waals surface area contributed by atoms with E-state index in [0.29, 0.717) is 6.07 Å². The predicted octanol–water partition coefficient (Wildman–Crippen LogP) is 2.80. The highest BCUT2D eigenvalue weighted by atomic mass is 19.4. The van der Waals surface area contributed by atoms with Gasteiger partial charge in [0.25, 0.3) is 0 Å². The van der Waals surface area contributed by atoms with Gasteiger partial charge in [0.2, 0.25) is 12.0 Å². The lowest BCUT2D eigenvalue weighted by molar-refractivity contribution is -0.885. The van der Waals surface area contributed by atoms with E-state index >= 15 is 0 Å². The van der Waals surface area contributed by atoms with Crippen LogP contribution in [0.4, 0.5) is 22.0 Å². The smallest absolute Gasteiger partial charge is 0.417 e. The molecular weight excluding hydrogens is 467 g/mol. The third-order valence-corrected chi connectivity index (χ3v) is 6.40. The van der Waals surface area contributed by atoms with Gasteiger partial charge in [-0.05, 0) is 13.0 Å². The summed E-state index contributed by atoms with van der Waals surface area (Å²) in [5, 5.41) is 10.3. The zero-order chi connectivity index (χ0) is 25.2. The van der Waals surface area contributed by atoms with Crippen LogP contribution >= 0.6 is 0 Å². The zero-order valence-corrected chi connectivity index (χ0v) is 18.1. The van der Waals surface area contributed by atoms with Crippen LogP contribution in [0.15, 0.2) is 24.4 Å². The number of nitrogens with one attached hydrogen (secondary N) is 1. The maximum Gasteiger partial charge on any atom is 0.417 e. The van der Waals surface area contributed by atoms with Crippen molar-refractivity contribution in [2.24, 2.45) is 11.7 Å². The average molecular weight is 487 g/mol. The molecule has 1 saturated heterocycles. The molecule has 4 N–H and O–H groups in total. The van der Waals surface area contributed by atoms with Crippen LogP contribution in [0.25, 0.3) is 11.0 Å². The number of hydrogen-bond donors (Lipinski definition) is 3. The monoisotopic (exact) mass is 487 g/mol. The molecule has 0 radical (unpaired) electrons. The Hall–Kier alpha value is -3.48. The molecule has 1 amide bonds. The number of phenolic OH excluding ortho intramolecular Hbond substituents is 1. The highest BCUT2D eigenvalue weighted by Gasteiger charge is 2.65. The Morgan fingerprint density at radius 3 is 2.59 bits per heavy atom. The van der Waals surface area contributed by atoms with Crippen molar-refractivity contribution in [2.75, 3.05) is 7.11 Å². The number of nitrogens with zero attached hydrogens (tertiary/aromatic N) is 2. The number of ether oxygens (including phenoxy) is 1. The van der Waals surface area contributed by atoms with Gasteiger partial charge >= 0.3 is 17.8 Å². The van der Waals surface area contributed by atoms with Gasteiger partial charge < -0.3 is 20.6 Å². The number of phenols is 1. The molecule has 3 heterocycles. The summed E-state index contributed by atoms with van der Waals surface area (Å²) in [4.78, 5) is 24.1. The molecule has 1 fully saturated rings. The Morgan fingerprint density at radius 2 is 2.00 bits per heavy atom.